The first-order valence-electron chi connectivity index (χ1n) is 16.2. The van der Waals surface area contributed by atoms with Crippen LogP contribution >= 0.6 is 0 Å². The average Bonchev–Trinajstić information content (AvgIpc) is 3.82. The van der Waals surface area contributed by atoms with E-state index in [0.29, 0.717) is 11.8 Å². The van der Waals surface area contributed by atoms with Gasteiger partial charge in [-0.05, 0) is 61.4 Å². The Bertz CT molecular complexity index is 918. The van der Waals surface area contributed by atoms with E-state index in [1.165, 1.54) is 140 Å². The van der Waals surface area contributed by atoms with Crippen molar-refractivity contribution in [3.05, 3.63) is 71.7 Å². The summed E-state index contributed by atoms with van der Waals surface area (Å²) in [4.78, 5) is 0. The van der Waals surface area contributed by atoms with Gasteiger partial charge in [-0.1, -0.05) is 109 Å². The van der Waals surface area contributed by atoms with Crippen LogP contribution in [0.15, 0.2) is 36.4 Å². The fraction of sp³-hybridized carbons (Fsp3) is 0.590. The third-order valence-electron chi connectivity index (χ3n) is 8.49. The van der Waals surface area contributed by atoms with E-state index in [4.69, 9.17) is 20.7 Å². The number of methoxy groups -OCH3 is 1. The van der Waals surface area contributed by atoms with E-state index in [9.17, 15) is 10.2 Å². The first-order valence-corrected chi connectivity index (χ1v) is 16.2. The number of anilines is 1. The molecule has 6 rings (SSSR count). The third-order valence-corrected chi connectivity index (χ3v) is 8.49. The second kappa shape index (κ2) is 34.3. The maximum Gasteiger partial charge on any atom is 2.00 e. The van der Waals surface area contributed by atoms with Gasteiger partial charge in [0.25, 0.3) is 0 Å². The number of rotatable bonds is 4. The van der Waals surface area contributed by atoms with Crippen molar-refractivity contribution in [3.8, 4) is 23.0 Å². The van der Waals surface area contributed by atoms with Gasteiger partial charge in [0.1, 0.15) is 0 Å². The molecule has 0 saturated heterocycles. The summed E-state index contributed by atoms with van der Waals surface area (Å²) in [7, 11) is 1.80. The van der Waals surface area contributed by atoms with Crippen LogP contribution in [-0.2, 0) is 45.3 Å². The van der Waals surface area contributed by atoms with Crippen molar-refractivity contribution in [2.24, 2.45) is 5.92 Å². The molecule has 0 aliphatic heterocycles. The number of aromatic hydroxyl groups is 4. The van der Waals surface area contributed by atoms with Gasteiger partial charge >= 0.3 is 34.1 Å². The normalized spacial score (nSPS) is 15.9. The molecule has 0 unspecified atom stereocenters. The van der Waals surface area contributed by atoms with E-state index >= 15 is 0 Å². The summed E-state index contributed by atoms with van der Waals surface area (Å²) in [6, 6.07) is 9.27. The van der Waals surface area contributed by atoms with Gasteiger partial charge in [-0.2, -0.15) is 0 Å². The van der Waals surface area contributed by atoms with E-state index < -0.39 is 0 Å². The number of ether oxygens (including phenoxy) is 1. The van der Waals surface area contributed by atoms with E-state index in [1.54, 1.807) is 19.2 Å². The van der Waals surface area contributed by atoms with Gasteiger partial charge in [-0.15, -0.1) is 0 Å². The number of nitrogens with two attached hydrogens (primary N) is 1. The Hall–Kier alpha value is -1.56. The van der Waals surface area contributed by atoms with E-state index in [-0.39, 0.29) is 86.8 Å². The summed E-state index contributed by atoms with van der Waals surface area (Å²) in [5, 5.41) is 36.0. The molecular formula is C39H69Fe2NO5. The molecule has 4 aliphatic carbocycles. The predicted molar refractivity (Wildman–Crippen MR) is 195 cm³/mol. The summed E-state index contributed by atoms with van der Waals surface area (Å²) in [5.74, 6) is 0.513. The maximum atomic E-state index is 9.34. The number of hydrogen-bond acceptors (Lipinski definition) is 6. The van der Waals surface area contributed by atoms with Crippen LogP contribution < -0.4 is 5.73 Å². The Labute approximate surface area is 311 Å². The SMILES string of the molecule is C1CCCC1.C1CCCC1.COC1CCCC1.Nc1ccc(O)c(O)c1.Oc1ccc(CCC2CCCC2)cc1O.[CH3-].[CH3-].[CH3-].[CH3-].[Fe+2].[Fe+2]. The van der Waals surface area contributed by atoms with Crippen LogP contribution in [0.2, 0.25) is 0 Å². The molecule has 0 radical (unpaired) electrons. The molecule has 0 atom stereocenters. The Kier molecular flexibility index (Phi) is 40.1. The zero-order valence-electron chi connectivity index (χ0n) is 30.2. The number of phenols is 4. The second-order valence-electron chi connectivity index (χ2n) is 11.9. The monoisotopic (exact) mass is 743 g/mol. The van der Waals surface area contributed by atoms with Crippen LogP contribution in [0.3, 0.4) is 0 Å². The van der Waals surface area contributed by atoms with Gasteiger partial charge in [0.05, 0.1) is 6.10 Å². The van der Waals surface area contributed by atoms with Gasteiger partial charge in [0.15, 0.2) is 23.0 Å². The fourth-order valence-corrected chi connectivity index (χ4v) is 5.83. The minimum absolute atomic E-state index is 0. The molecule has 0 heterocycles. The number of nitrogen functional groups attached to an aromatic ring is 1. The molecule has 276 valence electrons. The summed E-state index contributed by atoms with van der Waals surface area (Å²) in [6.45, 7) is 0. The minimum Gasteiger partial charge on any atom is -0.504 e. The summed E-state index contributed by atoms with van der Waals surface area (Å²) < 4.78 is 5.11. The van der Waals surface area contributed by atoms with E-state index in [0.717, 1.165) is 17.9 Å². The Morgan fingerprint density at radius 1 is 0.553 bits per heavy atom. The van der Waals surface area contributed by atoms with Crippen molar-refractivity contribution in [2.75, 3.05) is 12.8 Å². The Balaban J connectivity index is -0.000000161. The minimum atomic E-state index is -0.185. The molecule has 8 heteroatoms. The predicted octanol–water partition coefficient (Wildman–Crippen LogP) is 11.2. The zero-order valence-corrected chi connectivity index (χ0v) is 32.5. The molecule has 4 aliphatic rings. The zero-order chi connectivity index (χ0) is 29.7. The summed E-state index contributed by atoms with van der Waals surface area (Å²) in [6.07, 6.45) is 28.6. The molecule has 4 saturated carbocycles. The largest absolute Gasteiger partial charge is 2.00 e. The van der Waals surface area contributed by atoms with Crippen molar-refractivity contribution >= 4 is 5.69 Å². The summed E-state index contributed by atoms with van der Waals surface area (Å²) in [5.41, 5.74) is 6.81. The molecule has 2 aromatic rings. The van der Waals surface area contributed by atoms with Crippen LogP contribution in [0.4, 0.5) is 5.69 Å². The standard InChI is InChI=1S/C13H18O2.C6H7NO2.C6H12O.2C5H10.4CH3.2Fe/c14-12-8-7-11(9-13(12)15)6-5-10-3-1-2-4-10;7-4-1-2-5(8)6(9)3-4;1-7-6-4-2-3-5-6;2*1-2-4-5-3-1;;;;;;/h7-10,14-15H,1-6H2;1-3,8-9H,7H2;6H,2-5H2,1H3;2*1-5H2;4*1H3;;/q;;;;;4*-1;2*+2. The molecule has 6 N–H and O–H groups in total. The number of hydrogen-bond donors (Lipinski definition) is 5. The quantitative estimate of drug-likeness (QED) is 0.0700. The second-order valence-corrected chi connectivity index (χ2v) is 11.9. The van der Waals surface area contributed by atoms with Crippen LogP contribution in [0, 0.1) is 35.6 Å². The first kappa shape index (κ1) is 54.9. The van der Waals surface area contributed by atoms with Crippen LogP contribution in [-0.4, -0.2) is 33.6 Å². The van der Waals surface area contributed by atoms with Gasteiger partial charge < -0.3 is 60.6 Å². The van der Waals surface area contributed by atoms with E-state index in [1.807, 2.05) is 6.07 Å². The average molecular weight is 744 g/mol. The number of aryl methyl sites for hydroxylation is 1. The molecule has 47 heavy (non-hydrogen) atoms. The maximum absolute atomic E-state index is 9.34. The molecule has 6 nitrogen and oxygen atoms in total. The Morgan fingerprint density at radius 3 is 1.28 bits per heavy atom. The van der Waals surface area contributed by atoms with Crippen molar-refractivity contribution in [1.29, 1.82) is 0 Å². The molecule has 0 amide bonds. The van der Waals surface area contributed by atoms with Crippen LogP contribution in [0.1, 0.15) is 128 Å². The smallest absolute Gasteiger partial charge is 0.504 e. The molecule has 0 spiro atoms. The van der Waals surface area contributed by atoms with Gasteiger partial charge in [-0.25, -0.2) is 0 Å². The first-order chi connectivity index (χ1) is 19.9. The van der Waals surface area contributed by atoms with Crippen molar-refractivity contribution < 1.29 is 59.3 Å². The van der Waals surface area contributed by atoms with Gasteiger partial charge in [0.2, 0.25) is 0 Å². The summed E-state index contributed by atoms with van der Waals surface area (Å²) >= 11 is 0. The number of phenolic OH excluding ortho intramolecular Hbond substituents is 4. The topological polar surface area (TPSA) is 116 Å². The molecule has 2 aromatic carbocycles. The molecular weight excluding hydrogens is 674 g/mol. The third kappa shape index (κ3) is 26.0. The van der Waals surface area contributed by atoms with Crippen molar-refractivity contribution in [2.45, 2.75) is 135 Å². The van der Waals surface area contributed by atoms with E-state index in [2.05, 4.69) is 0 Å². The molecule has 0 aromatic heterocycles. The molecule has 0 bridgehead atoms. The Morgan fingerprint density at radius 2 is 0.936 bits per heavy atom. The van der Waals surface area contributed by atoms with Crippen molar-refractivity contribution in [3.63, 3.8) is 0 Å². The fourth-order valence-electron chi connectivity index (χ4n) is 5.83. The van der Waals surface area contributed by atoms with Crippen LogP contribution in [0.25, 0.3) is 0 Å². The van der Waals surface area contributed by atoms with Crippen LogP contribution in [0.5, 0.6) is 23.0 Å². The van der Waals surface area contributed by atoms with Gasteiger partial charge in [-0.3, -0.25) is 0 Å². The molecule has 4 fully saturated rings. The van der Waals surface area contributed by atoms with Crippen molar-refractivity contribution in [1.82, 2.24) is 0 Å². The number of benzene rings is 2. The van der Waals surface area contributed by atoms with Gasteiger partial charge in [0, 0.05) is 18.9 Å².